The minimum absolute atomic E-state index is 0.0369. The average molecular weight is 288 g/mol. The van der Waals surface area contributed by atoms with Crippen molar-refractivity contribution in [3.8, 4) is 0 Å². The third-order valence-electron chi connectivity index (χ3n) is 2.95. The van der Waals surface area contributed by atoms with E-state index in [2.05, 4.69) is 10.3 Å². The number of hydrogen-bond donors (Lipinski definition) is 2. The maximum Gasteiger partial charge on any atom is 0.337 e. The Kier molecular flexibility index (Phi) is 3.98. The van der Waals surface area contributed by atoms with Crippen LogP contribution in [0.3, 0.4) is 0 Å². The van der Waals surface area contributed by atoms with Crippen LogP contribution in [0.15, 0.2) is 30.5 Å². The van der Waals surface area contributed by atoms with E-state index in [1.165, 1.54) is 24.4 Å². The number of aryl methyl sites for hydroxylation is 2. The summed E-state index contributed by atoms with van der Waals surface area (Å²) in [6.45, 7) is 3.43. The summed E-state index contributed by atoms with van der Waals surface area (Å²) in [6, 6.07) is 5.89. The monoisotopic (exact) mass is 288 g/mol. The number of rotatable bonds is 3. The summed E-state index contributed by atoms with van der Waals surface area (Å²) in [5, 5.41) is 11.7. The smallest absolute Gasteiger partial charge is 0.337 e. The topological polar surface area (TPSA) is 79.3 Å². The summed E-state index contributed by atoms with van der Waals surface area (Å²) in [5.74, 6) is -2.81. The van der Waals surface area contributed by atoms with Crippen LogP contribution in [-0.2, 0) is 0 Å². The predicted octanol–water partition coefficient (Wildman–Crippen LogP) is 2.79. The third kappa shape index (κ3) is 3.05. The number of nitrogens with one attached hydrogen (secondary N) is 1. The second-order valence-corrected chi connectivity index (χ2v) is 4.61. The molecule has 0 aliphatic carbocycles. The molecule has 2 rings (SSSR count). The molecule has 2 aromatic rings. The first kappa shape index (κ1) is 14.6. The number of aromatic nitrogens is 1. The van der Waals surface area contributed by atoms with Crippen LogP contribution < -0.4 is 5.32 Å². The minimum atomic E-state index is -1.16. The zero-order chi connectivity index (χ0) is 15.6. The number of carboxylic acids is 1. The first-order chi connectivity index (χ1) is 9.90. The Morgan fingerprint density at radius 3 is 2.57 bits per heavy atom. The van der Waals surface area contributed by atoms with Gasteiger partial charge in [0, 0.05) is 6.20 Å². The zero-order valence-electron chi connectivity index (χ0n) is 11.5. The second-order valence-electron chi connectivity index (χ2n) is 4.61. The highest BCUT2D eigenvalue weighted by Crippen LogP contribution is 2.23. The van der Waals surface area contributed by atoms with E-state index in [0.29, 0.717) is 5.56 Å². The maximum absolute atomic E-state index is 13.5. The van der Waals surface area contributed by atoms with Crippen molar-refractivity contribution in [2.75, 3.05) is 5.32 Å². The van der Waals surface area contributed by atoms with E-state index in [0.717, 1.165) is 5.56 Å². The van der Waals surface area contributed by atoms with Crippen molar-refractivity contribution in [3.63, 3.8) is 0 Å². The highest BCUT2D eigenvalue weighted by molar-refractivity contribution is 6.08. The lowest BCUT2D eigenvalue weighted by Gasteiger charge is -2.13. The Morgan fingerprint density at radius 2 is 1.95 bits per heavy atom. The molecule has 0 fully saturated rings. The molecule has 6 heteroatoms. The van der Waals surface area contributed by atoms with E-state index < -0.39 is 17.8 Å². The molecular weight excluding hydrogens is 275 g/mol. The van der Waals surface area contributed by atoms with E-state index in [1.807, 2.05) is 0 Å². The molecule has 21 heavy (non-hydrogen) atoms. The van der Waals surface area contributed by atoms with Gasteiger partial charge in [0.15, 0.2) is 0 Å². The molecule has 1 amide bonds. The molecule has 0 unspecified atom stereocenters. The van der Waals surface area contributed by atoms with Crippen LogP contribution in [0.4, 0.5) is 10.1 Å². The van der Waals surface area contributed by atoms with Crippen molar-refractivity contribution < 1.29 is 19.1 Å². The summed E-state index contributed by atoms with van der Waals surface area (Å²) >= 11 is 0. The molecule has 5 nitrogen and oxygen atoms in total. The molecule has 0 radical (unpaired) electrons. The lowest BCUT2D eigenvalue weighted by Crippen LogP contribution is -2.18. The fourth-order valence-corrected chi connectivity index (χ4v) is 2.04. The molecule has 0 spiro atoms. The van der Waals surface area contributed by atoms with Gasteiger partial charge in [-0.05, 0) is 43.2 Å². The van der Waals surface area contributed by atoms with Crippen LogP contribution in [0.2, 0.25) is 0 Å². The highest BCUT2D eigenvalue weighted by Gasteiger charge is 2.18. The van der Waals surface area contributed by atoms with Crippen LogP contribution in [0.25, 0.3) is 0 Å². The molecule has 0 saturated heterocycles. The van der Waals surface area contributed by atoms with E-state index in [9.17, 15) is 19.1 Å². The van der Waals surface area contributed by atoms with E-state index in [-0.39, 0.29) is 16.8 Å². The maximum atomic E-state index is 13.5. The molecule has 0 aliphatic heterocycles. The zero-order valence-corrected chi connectivity index (χ0v) is 11.5. The largest absolute Gasteiger partial charge is 0.478 e. The molecule has 0 bridgehead atoms. The van der Waals surface area contributed by atoms with Gasteiger partial charge in [-0.15, -0.1) is 0 Å². The van der Waals surface area contributed by atoms with Gasteiger partial charge in [-0.2, -0.15) is 4.39 Å². The van der Waals surface area contributed by atoms with Gasteiger partial charge in [0.05, 0.1) is 16.8 Å². The molecule has 2 N–H and O–H groups in total. The fourth-order valence-electron chi connectivity index (χ4n) is 2.04. The van der Waals surface area contributed by atoms with Gasteiger partial charge < -0.3 is 10.4 Å². The molecule has 1 aromatic heterocycles. The van der Waals surface area contributed by atoms with Crippen molar-refractivity contribution >= 4 is 17.6 Å². The molecule has 108 valence electrons. The summed E-state index contributed by atoms with van der Waals surface area (Å²) in [6.07, 6.45) is 1.23. The second kappa shape index (κ2) is 5.70. The highest BCUT2D eigenvalue weighted by atomic mass is 19.1. The Bertz CT molecular complexity index is 729. The number of carboxylic acid groups (broad SMARTS) is 1. The first-order valence-corrected chi connectivity index (χ1v) is 6.16. The Morgan fingerprint density at radius 1 is 1.24 bits per heavy atom. The fraction of sp³-hybridized carbons (Fsp3) is 0.133. The Hall–Kier alpha value is -2.76. The Labute approximate surface area is 120 Å². The molecule has 0 atom stereocenters. The lowest BCUT2D eigenvalue weighted by molar-refractivity contribution is 0.0698. The predicted molar refractivity (Wildman–Crippen MR) is 75.0 cm³/mol. The van der Waals surface area contributed by atoms with Gasteiger partial charge in [0.2, 0.25) is 5.95 Å². The van der Waals surface area contributed by atoms with Gasteiger partial charge in [-0.3, -0.25) is 4.79 Å². The minimum Gasteiger partial charge on any atom is -0.478 e. The molecule has 1 aromatic carbocycles. The van der Waals surface area contributed by atoms with Crippen molar-refractivity contribution in [2.45, 2.75) is 13.8 Å². The number of pyridine rings is 1. The number of hydrogen-bond acceptors (Lipinski definition) is 3. The summed E-state index contributed by atoms with van der Waals surface area (Å²) in [5.41, 5.74) is 1.22. The van der Waals surface area contributed by atoms with Crippen LogP contribution in [0.5, 0.6) is 0 Å². The number of benzene rings is 1. The number of anilines is 1. The normalized spacial score (nSPS) is 10.2. The van der Waals surface area contributed by atoms with Crippen LogP contribution in [0.1, 0.15) is 31.8 Å². The average Bonchev–Trinajstić information content (AvgIpc) is 2.41. The van der Waals surface area contributed by atoms with Gasteiger partial charge in [0.1, 0.15) is 0 Å². The van der Waals surface area contributed by atoms with Gasteiger partial charge >= 0.3 is 5.97 Å². The standard InChI is InChI=1S/C15H13FN2O3/c1-8-6-9(2)12(11(7-8)15(20)21)18-14(19)10-4-3-5-17-13(10)16/h3-7H,1-2H3,(H,18,19)(H,20,21). The summed E-state index contributed by atoms with van der Waals surface area (Å²) in [4.78, 5) is 26.7. The van der Waals surface area contributed by atoms with Gasteiger partial charge in [-0.1, -0.05) is 6.07 Å². The van der Waals surface area contributed by atoms with Gasteiger partial charge in [0.25, 0.3) is 5.91 Å². The van der Waals surface area contributed by atoms with Gasteiger partial charge in [-0.25, -0.2) is 9.78 Å². The molecule has 1 heterocycles. The number of halogens is 1. The number of amides is 1. The SMILES string of the molecule is Cc1cc(C)c(NC(=O)c2cccnc2F)c(C(=O)O)c1. The quantitative estimate of drug-likeness (QED) is 0.851. The van der Waals surface area contributed by atoms with E-state index in [4.69, 9.17) is 0 Å². The van der Waals surface area contributed by atoms with E-state index in [1.54, 1.807) is 19.9 Å². The van der Waals surface area contributed by atoms with Crippen molar-refractivity contribution in [2.24, 2.45) is 0 Å². The number of nitrogens with zero attached hydrogens (tertiary/aromatic N) is 1. The van der Waals surface area contributed by atoms with Crippen molar-refractivity contribution in [1.82, 2.24) is 4.98 Å². The molecule has 0 saturated carbocycles. The first-order valence-electron chi connectivity index (χ1n) is 6.16. The van der Waals surface area contributed by atoms with Crippen LogP contribution >= 0.6 is 0 Å². The Balaban J connectivity index is 2.42. The lowest BCUT2D eigenvalue weighted by atomic mass is 10.0. The van der Waals surface area contributed by atoms with E-state index >= 15 is 0 Å². The number of carbonyl (C=O) groups is 2. The molecular formula is C15H13FN2O3. The molecule has 0 aliphatic rings. The van der Waals surface area contributed by atoms with Crippen molar-refractivity contribution in [1.29, 1.82) is 0 Å². The van der Waals surface area contributed by atoms with Crippen LogP contribution in [0, 0.1) is 19.8 Å². The van der Waals surface area contributed by atoms with Crippen LogP contribution in [-0.4, -0.2) is 22.0 Å². The number of carbonyl (C=O) groups excluding carboxylic acids is 1. The number of aromatic carboxylic acids is 1. The van der Waals surface area contributed by atoms with Crippen molar-refractivity contribution in [3.05, 3.63) is 58.7 Å². The third-order valence-corrected chi connectivity index (χ3v) is 2.95. The summed E-state index contributed by atoms with van der Waals surface area (Å²) in [7, 11) is 0. The summed E-state index contributed by atoms with van der Waals surface area (Å²) < 4.78 is 13.5.